The fourth-order valence-electron chi connectivity index (χ4n) is 0.583. The number of carbonyl (C=O) groups is 2. The van der Waals surface area contributed by atoms with Crippen molar-refractivity contribution in [2.24, 2.45) is 5.92 Å². The van der Waals surface area contributed by atoms with Gasteiger partial charge in [0.25, 0.3) is 5.91 Å². The average Bonchev–Trinajstić information content (AvgIpc) is 2.02. The van der Waals surface area contributed by atoms with E-state index in [1.807, 2.05) is 0 Å². The summed E-state index contributed by atoms with van der Waals surface area (Å²) >= 11 is 0. The van der Waals surface area contributed by atoms with Crippen LogP contribution in [0.2, 0.25) is 0 Å². The van der Waals surface area contributed by atoms with E-state index in [1.165, 1.54) is 0 Å². The molecule has 0 rings (SSSR count). The molecule has 0 saturated carbocycles. The van der Waals surface area contributed by atoms with Gasteiger partial charge in [-0.2, -0.15) is 0 Å². The lowest BCUT2D eigenvalue weighted by Crippen LogP contribution is -2.34. The summed E-state index contributed by atoms with van der Waals surface area (Å²) in [6, 6.07) is 0. The maximum atomic E-state index is 11.0. The van der Waals surface area contributed by atoms with Crippen LogP contribution in [0.4, 0.5) is 0 Å². The summed E-state index contributed by atoms with van der Waals surface area (Å²) < 4.78 is 0. The van der Waals surface area contributed by atoms with Gasteiger partial charge in [0, 0.05) is 12.3 Å². The molecule has 0 aliphatic heterocycles. The van der Waals surface area contributed by atoms with E-state index in [9.17, 15) is 9.59 Å². The summed E-state index contributed by atoms with van der Waals surface area (Å²) in [6.07, 6.45) is 0.653. The number of carboxylic acid groups (broad SMARTS) is 1. The molecule has 0 fully saturated rings. The van der Waals surface area contributed by atoms with Crippen LogP contribution < -0.4 is 5.32 Å². The second-order valence-corrected chi connectivity index (χ2v) is 2.87. The second-order valence-electron chi connectivity index (χ2n) is 2.87. The van der Waals surface area contributed by atoms with E-state index in [0.29, 0.717) is 0 Å². The average molecular weight is 187 g/mol. The van der Waals surface area contributed by atoms with Gasteiger partial charge in [0.15, 0.2) is 0 Å². The van der Waals surface area contributed by atoms with Crippen LogP contribution in [0.5, 0.6) is 0 Å². The minimum Gasteiger partial charge on any atom is -0.478 e. The Morgan fingerprint density at radius 2 is 1.92 bits per heavy atom. The van der Waals surface area contributed by atoms with E-state index in [2.05, 4.69) is 5.32 Å². The standard InChI is InChI=1S/C8H13NO4/c1-5(2)7(12)8(13)9-4-3-6(10)11/h3-5,7,12H,1-2H3,(H,9,13)(H,10,11)/b4-3-. The number of aliphatic hydroxyl groups is 1. The molecule has 74 valence electrons. The lowest BCUT2D eigenvalue weighted by molar-refractivity contribution is -0.131. The Morgan fingerprint density at radius 1 is 1.38 bits per heavy atom. The third-order valence-corrected chi connectivity index (χ3v) is 1.35. The number of hydrogen-bond donors (Lipinski definition) is 3. The summed E-state index contributed by atoms with van der Waals surface area (Å²) in [6.45, 7) is 3.37. The Balaban J connectivity index is 3.95. The van der Waals surface area contributed by atoms with Crippen LogP contribution in [0.1, 0.15) is 13.8 Å². The van der Waals surface area contributed by atoms with Gasteiger partial charge in [0.05, 0.1) is 0 Å². The summed E-state index contributed by atoms with van der Waals surface area (Å²) in [7, 11) is 0. The molecular weight excluding hydrogens is 174 g/mol. The molecule has 1 unspecified atom stereocenters. The molecule has 0 bridgehead atoms. The largest absolute Gasteiger partial charge is 0.478 e. The van der Waals surface area contributed by atoms with Gasteiger partial charge in [-0.05, 0) is 5.92 Å². The first kappa shape index (κ1) is 11.6. The molecule has 0 spiro atoms. The van der Waals surface area contributed by atoms with Crippen molar-refractivity contribution in [3.05, 3.63) is 12.3 Å². The molecular formula is C8H13NO4. The molecule has 1 amide bonds. The first-order chi connectivity index (χ1) is 5.95. The third-order valence-electron chi connectivity index (χ3n) is 1.35. The van der Waals surface area contributed by atoms with E-state index in [4.69, 9.17) is 10.2 Å². The molecule has 0 radical (unpaired) electrons. The quantitative estimate of drug-likeness (QED) is 0.528. The summed E-state index contributed by atoms with van der Waals surface area (Å²) in [5.74, 6) is -1.95. The predicted molar refractivity (Wildman–Crippen MR) is 45.8 cm³/mol. The van der Waals surface area contributed by atoms with E-state index in [0.717, 1.165) is 12.3 Å². The molecule has 1 atom stereocenters. The molecule has 0 saturated heterocycles. The number of hydrogen-bond acceptors (Lipinski definition) is 3. The molecule has 5 heteroatoms. The zero-order chi connectivity index (χ0) is 10.4. The van der Waals surface area contributed by atoms with Crippen LogP contribution in [-0.4, -0.2) is 28.2 Å². The Hall–Kier alpha value is -1.36. The van der Waals surface area contributed by atoms with E-state index in [-0.39, 0.29) is 5.92 Å². The number of aliphatic hydroxyl groups excluding tert-OH is 1. The third kappa shape index (κ3) is 4.97. The maximum absolute atomic E-state index is 11.0. The van der Waals surface area contributed by atoms with Crippen LogP contribution in [0, 0.1) is 5.92 Å². The molecule has 0 aromatic rings. The first-order valence-corrected chi connectivity index (χ1v) is 3.83. The minimum absolute atomic E-state index is 0.196. The van der Waals surface area contributed by atoms with Gasteiger partial charge in [-0.25, -0.2) is 4.79 Å². The van der Waals surface area contributed by atoms with Crippen molar-refractivity contribution in [1.82, 2.24) is 5.32 Å². The first-order valence-electron chi connectivity index (χ1n) is 3.83. The van der Waals surface area contributed by atoms with Gasteiger partial charge in [-0.3, -0.25) is 4.79 Å². The van der Waals surface area contributed by atoms with Crippen molar-refractivity contribution in [3.63, 3.8) is 0 Å². The normalized spacial score (nSPS) is 13.2. The van der Waals surface area contributed by atoms with Crippen molar-refractivity contribution in [2.75, 3.05) is 0 Å². The van der Waals surface area contributed by atoms with Gasteiger partial charge in [-0.1, -0.05) is 13.8 Å². The smallest absolute Gasteiger partial charge is 0.329 e. The van der Waals surface area contributed by atoms with Gasteiger partial charge >= 0.3 is 5.97 Å². The van der Waals surface area contributed by atoms with Crippen molar-refractivity contribution in [3.8, 4) is 0 Å². The van der Waals surface area contributed by atoms with Crippen molar-refractivity contribution in [1.29, 1.82) is 0 Å². The molecule has 0 aliphatic carbocycles. The predicted octanol–water partition coefficient (Wildman–Crippen LogP) is -0.282. The number of carbonyl (C=O) groups excluding carboxylic acids is 1. The molecule has 5 nitrogen and oxygen atoms in total. The molecule has 0 aliphatic rings. The molecule has 13 heavy (non-hydrogen) atoms. The summed E-state index contributed by atoms with van der Waals surface area (Å²) in [5, 5.41) is 19.5. The lowest BCUT2D eigenvalue weighted by Gasteiger charge is -2.11. The van der Waals surface area contributed by atoms with Crippen LogP contribution in [0.25, 0.3) is 0 Å². The molecule has 0 aromatic heterocycles. The monoisotopic (exact) mass is 187 g/mol. The Morgan fingerprint density at radius 3 is 2.31 bits per heavy atom. The highest BCUT2D eigenvalue weighted by Gasteiger charge is 2.17. The number of rotatable bonds is 4. The number of aliphatic carboxylic acids is 1. The maximum Gasteiger partial charge on any atom is 0.329 e. The van der Waals surface area contributed by atoms with Crippen molar-refractivity contribution >= 4 is 11.9 Å². The molecule has 3 N–H and O–H groups in total. The topological polar surface area (TPSA) is 86.6 Å². The van der Waals surface area contributed by atoms with Crippen molar-refractivity contribution in [2.45, 2.75) is 20.0 Å². The lowest BCUT2D eigenvalue weighted by atomic mass is 10.1. The zero-order valence-electron chi connectivity index (χ0n) is 7.52. The summed E-state index contributed by atoms with van der Waals surface area (Å²) in [4.78, 5) is 20.9. The Kier molecular flexibility index (Phi) is 4.76. The SMILES string of the molecule is CC(C)C(O)C(=O)N/C=C\C(=O)O. The second kappa shape index (κ2) is 5.31. The van der Waals surface area contributed by atoms with Crippen molar-refractivity contribution < 1.29 is 19.8 Å². The van der Waals surface area contributed by atoms with Crippen LogP contribution in [0.3, 0.4) is 0 Å². The highest BCUT2D eigenvalue weighted by atomic mass is 16.4. The number of carboxylic acids is 1. The number of nitrogens with one attached hydrogen (secondary N) is 1. The van der Waals surface area contributed by atoms with E-state index >= 15 is 0 Å². The van der Waals surface area contributed by atoms with Crippen LogP contribution in [0.15, 0.2) is 12.3 Å². The highest BCUT2D eigenvalue weighted by Crippen LogP contribution is 1.99. The zero-order valence-corrected chi connectivity index (χ0v) is 7.52. The van der Waals surface area contributed by atoms with E-state index < -0.39 is 18.0 Å². The fourth-order valence-corrected chi connectivity index (χ4v) is 0.583. The number of amides is 1. The molecule has 0 heterocycles. The Bertz CT molecular complexity index is 222. The minimum atomic E-state index is -1.15. The van der Waals surface area contributed by atoms with Gasteiger partial charge < -0.3 is 15.5 Å². The molecule has 0 aromatic carbocycles. The Labute approximate surface area is 76.1 Å². The van der Waals surface area contributed by atoms with Gasteiger partial charge in [-0.15, -0.1) is 0 Å². The highest BCUT2D eigenvalue weighted by molar-refractivity contribution is 5.84. The van der Waals surface area contributed by atoms with Gasteiger partial charge in [0.1, 0.15) is 6.10 Å². The van der Waals surface area contributed by atoms with Crippen LogP contribution >= 0.6 is 0 Å². The summed E-state index contributed by atoms with van der Waals surface area (Å²) in [5.41, 5.74) is 0. The van der Waals surface area contributed by atoms with Crippen LogP contribution in [-0.2, 0) is 9.59 Å². The fraction of sp³-hybridized carbons (Fsp3) is 0.500. The van der Waals surface area contributed by atoms with E-state index in [1.54, 1.807) is 13.8 Å². The van der Waals surface area contributed by atoms with Gasteiger partial charge in [0.2, 0.25) is 0 Å².